The number of aromatic carboxylic acids is 1. The van der Waals surface area contributed by atoms with E-state index in [0.29, 0.717) is 5.92 Å². The molecule has 1 saturated carbocycles. The number of hydrogen-bond donors (Lipinski definition) is 2. The van der Waals surface area contributed by atoms with Gasteiger partial charge in [-0.15, -0.1) is 0 Å². The molecule has 1 amide bonds. The minimum absolute atomic E-state index is 0.0265. The number of nitrogens with zero attached hydrogens (tertiary/aromatic N) is 2. The molecular formula is C13H17N3O3. The molecule has 0 atom stereocenters. The topological polar surface area (TPSA) is 92.2 Å². The molecule has 2 N–H and O–H groups in total. The number of carbonyl (C=O) groups is 2. The van der Waals surface area contributed by atoms with Crippen LogP contribution in [0, 0.1) is 11.8 Å². The fourth-order valence-corrected chi connectivity index (χ4v) is 2.33. The van der Waals surface area contributed by atoms with E-state index in [-0.39, 0.29) is 23.3 Å². The monoisotopic (exact) mass is 263 g/mol. The van der Waals surface area contributed by atoms with Gasteiger partial charge in [0.05, 0.1) is 0 Å². The van der Waals surface area contributed by atoms with Gasteiger partial charge >= 0.3 is 5.97 Å². The van der Waals surface area contributed by atoms with Gasteiger partial charge in [0.1, 0.15) is 0 Å². The van der Waals surface area contributed by atoms with Crippen molar-refractivity contribution in [2.45, 2.75) is 32.6 Å². The lowest BCUT2D eigenvalue weighted by Crippen LogP contribution is -2.28. The van der Waals surface area contributed by atoms with Gasteiger partial charge in [-0.05, 0) is 31.6 Å². The molecule has 1 aromatic heterocycles. The summed E-state index contributed by atoms with van der Waals surface area (Å²) in [4.78, 5) is 30.6. The van der Waals surface area contributed by atoms with Crippen LogP contribution in [0.2, 0.25) is 0 Å². The SMILES string of the molecule is CC1CCC(C(=O)Nc2nccnc2C(=O)O)CC1. The Morgan fingerprint density at radius 3 is 2.47 bits per heavy atom. The molecule has 19 heavy (non-hydrogen) atoms. The van der Waals surface area contributed by atoms with Crippen LogP contribution in [0.4, 0.5) is 5.82 Å². The lowest BCUT2D eigenvalue weighted by atomic mass is 9.82. The quantitative estimate of drug-likeness (QED) is 0.869. The Bertz CT molecular complexity index is 482. The summed E-state index contributed by atoms with van der Waals surface area (Å²) in [5.74, 6) is -0.718. The molecule has 0 radical (unpaired) electrons. The first kappa shape index (κ1) is 13.5. The zero-order chi connectivity index (χ0) is 13.8. The molecule has 0 unspecified atom stereocenters. The first-order chi connectivity index (χ1) is 9.08. The van der Waals surface area contributed by atoms with E-state index >= 15 is 0 Å². The normalized spacial score (nSPS) is 22.8. The lowest BCUT2D eigenvalue weighted by molar-refractivity contribution is -0.121. The standard InChI is InChI=1S/C13H17N3O3/c1-8-2-4-9(5-3-8)12(17)16-11-10(13(18)19)14-6-7-15-11/h6-9H,2-5H2,1H3,(H,18,19)(H,15,16,17). The van der Waals surface area contributed by atoms with Crippen LogP contribution in [0.1, 0.15) is 43.1 Å². The van der Waals surface area contributed by atoms with Gasteiger partial charge in [0.25, 0.3) is 0 Å². The highest BCUT2D eigenvalue weighted by molar-refractivity contribution is 5.98. The largest absolute Gasteiger partial charge is 0.476 e. The van der Waals surface area contributed by atoms with Crippen molar-refractivity contribution in [3.8, 4) is 0 Å². The Balaban J connectivity index is 2.05. The van der Waals surface area contributed by atoms with Crippen LogP contribution in [0.3, 0.4) is 0 Å². The molecule has 102 valence electrons. The van der Waals surface area contributed by atoms with Crippen LogP contribution in [0.15, 0.2) is 12.4 Å². The smallest absolute Gasteiger partial charge is 0.358 e. The predicted molar refractivity (Wildman–Crippen MR) is 68.7 cm³/mol. The first-order valence-electron chi connectivity index (χ1n) is 6.43. The van der Waals surface area contributed by atoms with E-state index in [1.54, 1.807) is 0 Å². The molecule has 1 fully saturated rings. The maximum absolute atomic E-state index is 12.1. The number of anilines is 1. The van der Waals surface area contributed by atoms with Crippen LogP contribution in [-0.2, 0) is 4.79 Å². The number of carboxylic acids is 1. The summed E-state index contributed by atoms with van der Waals surface area (Å²) in [5.41, 5.74) is -0.222. The van der Waals surface area contributed by atoms with Gasteiger partial charge in [0.15, 0.2) is 11.5 Å². The van der Waals surface area contributed by atoms with Crippen LogP contribution in [0.5, 0.6) is 0 Å². The van der Waals surface area contributed by atoms with Gasteiger partial charge in [0.2, 0.25) is 5.91 Å². The fourth-order valence-electron chi connectivity index (χ4n) is 2.33. The van der Waals surface area contributed by atoms with Crippen molar-refractivity contribution >= 4 is 17.7 Å². The molecule has 0 spiro atoms. The minimum Gasteiger partial charge on any atom is -0.476 e. The van der Waals surface area contributed by atoms with E-state index in [4.69, 9.17) is 5.11 Å². The highest BCUT2D eigenvalue weighted by atomic mass is 16.4. The van der Waals surface area contributed by atoms with E-state index in [2.05, 4.69) is 22.2 Å². The number of amides is 1. The third kappa shape index (κ3) is 3.27. The number of rotatable bonds is 3. The van der Waals surface area contributed by atoms with Crippen LogP contribution >= 0.6 is 0 Å². The van der Waals surface area contributed by atoms with Crippen molar-refractivity contribution in [1.29, 1.82) is 0 Å². The number of nitrogens with one attached hydrogen (secondary N) is 1. The second-order valence-corrected chi connectivity index (χ2v) is 5.00. The van der Waals surface area contributed by atoms with Gasteiger partial charge in [-0.25, -0.2) is 14.8 Å². The zero-order valence-corrected chi connectivity index (χ0v) is 10.8. The van der Waals surface area contributed by atoms with Crippen molar-refractivity contribution in [2.75, 3.05) is 5.32 Å². The number of carbonyl (C=O) groups excluding carboxylic acids is 1. The fraction of sp³-hybridized carbons (Fsp3) is 0.538. The summed E-state index contributed by atoms with van der Waals surface area (Å²) in [6.07, 6.45) is 6.41. The van der Waals surface area contributed by atoms with Gasteiger partial charge in [0, 0.05) is 18.3 Å². The molecule has 1 aliphatic rings. The van der Waals surface area contributed by atoms with Crippen molar-refractivity contribution in [3.05, 3.63) is 18.1 Å². The summed E-state index contributed by atoms with van der Waals surface area (Å²) >= 11 is 0. The van der Waals surface area contributed by atoms with Crippen LogP contribution in [-0.4, -0.2) is 27.0 Å². The maximum Gasteiger partial charge on any atom is 0.358 e. The number of hydrogen-bond acceptors (Lipinski definition) is 4. The third-order valence-corrected chi connectivity index (χ3v) is 3.53. The Hall–Kier alpha value is -1.98. The second kappa shape index (κ2) is 5.77. The first-order valence-corrected chi connectivity index (χ1v) is 6.43. The van der Waals surface area contributed by atoms with Crippen LogP contribution < -0.4 is 5.32 Å². The minimum atomic E-state index is -1.19. The molecule has 1 aromatic rings. The van der Waals surface area contributed by atoms with Crippen molar-refractivity contribution in [3.63, 3.8) is 0 Å². The summed E-state index contributed by atoms with van der Waals surface area (Å²) in [5, 5.41) is 11.6. The summed E-state index contributed by atoms with van der Waals surface area (Å²) in [6.45, 7) is 2.18. The van der Waals surface area contributed by atoms with E-state index < -0.39 is 5.97 Å². The summed E-state index contributed by atoms with van der Waals surface area (Å²) in [7, 11) is 0. The third-order valence-electron chi connectivity index (χ3n) is 3.53. The van der Waals surface area contributed by atoms with Gasteiger partial charge < -0.3 is 10.4 Å². The van der Waals surface area contributed by atoms with E-state index in [1.807, 2.05) is 0 Å². The van der Waals surface area contributed by atoms with Crippen molar-refractivity contribution in [1.82, 2.24) is 9.97 Å². The average Bonchev–Trinajstić information content (AvgIpc) is 2.39. The van der Waals surface area contributed by atoms with Gasteiger partial charge in [-0.1, -0.05) is 6.92 Å². The second-order valence-electron chi connectivity index (χ2n) is 5.00. The molecule has 6 heteroatoms. The average molecular weight is 263 g/mol. The van der Waals surface area contributed by atoms with Gasteiger partial charge in [-0.2, -0.15) is 0 Å². The number of aromatic nitrogens is 2. The molecular weight excluding hydrogens is 246 g/mol. The molecule has 1 heterocycles. The van der Waals surface area contributed by atoms with E-state index in [1.165, 1.54) is 12.4 Å². The molecule has 6 nitrogen and oxygen atoms in total. The lowest BCUT2D eigenvalue weighted by Gasteiger charge is -2.25. The Morgan fingerprint density at radius 2 is 1.84 bits per heavy atom. The van der Waals surface area contributed by atoms with Gasteiger partial charge in [-0.3, -0.25) is 4.79 Å². The predicted octanol–water partition coefficient (Wildman–Crippen LogP) is 1.94. The molecule has 0 saturated heterocycles. The highest BCUT2D eigenvalue weighted by Gasteiger charge is 2.25. The molecule has 1 aliphatic carbocycles. The van der Waals surface area contributed by atoms with E-state index in [0.717, 1.165) is 25.7 Å². The summed E-state index contributed by atoms with van der Waals surface area (Å²) in [6, 6.07) is 0. The van der Waals surface area contributed by atoms with Crippen molar-refractivity contribution in [2.24, 2.45) is 11.8 Å². The number of carboxylic acid groups (broad SMARTS) is 1. The molecule has 0 bridgehead atoms. The van der Waals surface area contributed by atoms with Crippen LogP contribution in [0.25, 0.3) is 0 Å². The molecule has 2 rings (SSSR count). The zero-order valence-electron chi connectivity index (χ0n) is 10.8. The van der Waals surface area contributed by atoms with Crippen molar-refractivity contribution < 1.29 is 14.7 Å². The Labute approximate surface area is 111 Å². The van der Waals surface area contributed by atoms with E-state index in [9.17, 15) is 9.59 Å². The maximum atomic E-state index is 12.1. The Morgan fingerprint density at radius 1 is 1.21 bits per heavy atom. The summed E-state index contributed by atoms with van der Waals surface area (Å²) < 4.78 is 0. The Kier molecular flexibility index (Phi) is 4.09. The molecule has 0 aromatic carbocycles. The molecule has 0 aliphatic heterocycles. The highest BCUT2D eigenvalue weighted by Crippen LogP contribution is 2.29.